The minimum Gasteiger partial charge on any atom is -0.314 e. The molecular formula is C11H19NS. The first kappa shape index (κ1) is 10.7. The standard InChI is InChI=1S/C11H19NS/c1-3-5-11(12-4-2)8-10-6-7-13-9-10/h6-7,9,11-12H,3-5,8H2,1-2H3. The molecule has 0 fully saturated rings. The van der Waals surface area contributed by atoms with Gasteiger partial charge < -0.3 is 5.32 Å². The molecule has 0 saturated heterocycles. The molecule has 1 aromatic rings. The Labute approximate surface area is 85.2 Å². The van der Waals surface area contributed by atoms with E-state index in [0.29, 0.717) is 6.04 Å². The molecule has 1 N–H and O–H groups in total. The lowest BCUT2D eigenvalue weighted by Gasteiger charge is -2.15. The summed E-state index contributed by atoms with van der Waals surface area (Å²) in [5, 5.41) is 7.93. The van der Waals surface area contributed by atoms with E-state index in [1.807, 2.05) is 0 Å². The van der Waals surface area contributed by atoms with Crippen LogP contribution in [0.25, 0.3) is 0 Å². The highest BCUT2D eigenvalue weighted by Crippen LogP contribution is 2.11. The zero-order valence-electron chi connectivity index (χ0n) is 8.55. The highest BCUT2D eigenvalue weighted by molar-refractivity contribution is 7.07. The van der Waals surface area contributed by atoms with Crippen LogP contribution in [0.2, 0.25) is 0 Å². The average Bonchev–Trinajstić information content (AvgIpc) is 2.58. The number of rotatable bonds is 6. The summed E-state index contributed by atoms with van der Waals surface area (Å²) >= 11 is 1.79. The van der Waals surface area contributed by atoms with Gasteiger partial charge in [0, 0.05) is 6.04 Å². The van der Waals surface area contributed by atoms with Gasteiger partial charge in [-0.2, -0.15) is 11.3 Å². The minimum absolute atomic E-state index is 0.671. The van der Waals surface area contributed by atoms with Crippen molar-refractivity contribution in [3.05, 3.63) is 22.4 Å². The van der Waals surface area contributed by atoms with E-state index in [2.05, 4.69) is 36.0 Å². The molecule has 0 aliphatic heterocycles. The van der Waals surface area contributed by atoms with Gasteiger partial charge in [-0.25, -0.2) is 0 Å². The van der Waals surface area contributed by atoms with Gasteiger partial charge in [-0.1, -0.05) is 20.3 Å². The fourth-order valence-electron chi connectivity index (χ4n) is 1.61. The van der Waals surface area contributed by atoms with Crippen LogP contribution in [0, 0.1) is 0 Å². The third kappa shape index (κ3) is 3.92. The number of thiophene rings is 1. The molecule has 1 nitrogen and oxygen atoms in total. The van der Waals surface area contributed by atoms with Crippen LogP contribution in [0.15, 0.2) is 16.8 Å². The van der Waals surface area contributed by atoms with Crippen molar-refractivity contribution in [1.29, 1.82) is 0 Å². The molecule has 13 heavy (non-hydrogen) atoms. The van der Waals surface area contributed by atoms with Gasteiger partial charge in [-0.3, -0.25) is 0 Å². The molecule has 0 bridgehead atoms. The Morgan fingerprint density at radius 1 is 1.46 bits per heavy atom. The molecule has 74 valence electrons. The molecule has 0 radical (unpaired) electrons. The second kappa shape index (κ2) is 6.17. The second-order valence-corrected chi connectivity index (χ2v) is 4.16. The summed E-state index contributed by atoms with van der Waals surface area (Å²) in [5.41, 5.74) is 1.48. The summed E-state index contributed by atoms with van der Waals surface area (Å²) in [6.45, 7) is 5.50. The summed E-state index contributed by atoms with van der Waals surface area (Å²) < 4.78 is 0. The Kier molecular flexibility index (Phi) is 5.09. The van der Waals surface area contributed by atoms with Crippen molar-refractivity contribution < 1.29 is 0 Å². The second-order valence-electron chi connectivity index (χ2n) is 3.38. The maximum atomic E-state index is 3.53. The van der Waals surface area contributed by atoms with Gasteiger partial charge in [-0.15, -0.1) is 0 Å². The Bertz CT molecular complexity index is 200. The Morgan fingerprint density at radius 3 is 2.85 bits per heavy atom. The molecule has 1 aromatic heterocycles. The zero-order chi connectivity index (χ0) is 9.52. The summed E-state index contributed by atoms with van der Waals surface area (Å²) in [6.07, 6.45) is 3.73. The van der Waals surface area contributed by atoms with Crippen molar-refractivity contribution in [3.8, 4) is 0 Å². The minimum atomic E-state index is 0.671. The molecule has 0 spiro atoms. The average molecular weight is 197 g/mol. The molecule has 1 atom stereocenters. The first-order chi connectivity index (χ1) is 6.36. The van der Waals surface area contributed by atoms with Crippen LogP contribution >= 0.6 is 11.3 Å². The SMILES string of the molecule is CCCC(Cc1ccsc1)NCC. The smallest absolute Gasteiger partial charge is 0.0108 e. The van der Waals surface area contributed by atoms with Crippen LogP contribution in [-0.2, 0) is 6.42 Å². The van der Waals surface area contributed by atoms with E-state index in [0.717, 1.165) is 6.54 Å². The molecule has 1 heterocycles. The van der Waals surface area contributed by atoms with Crippen molar-refractivity contribution in [2.45, 2.75) is 39.2 Å². The molecular weight excluding hydrogens is 178 g/mol. The van der Waals surface area contributed by atoms with Crippen LogP contribution in [0.5, 0.6) is 0 Å². The fourth-order valence-corrected chi connectivity index (χ4v) is 2.29. The van der Waals surface area contributed by atoms with E-state index in [1.165, 1.54) is 24.8 Å². The van der Waals surface area contributed by atoms with E-state index in [9.17, 15) is 0 Å². The number of nitrogens with one attached hydrogen (secondary N) is 1. The van der Waals surface area contributed by atoms with Crippen LogP contribution in [0.3, 0.4) is 0 Å². The fraction of sp³-hybridized carbons (Fsp3) is 0.636. The molecule has 0 aliphatic carbocycles. The van der Waals surface area contributed by atoms with Gasteiger partial charge in [0.2, 0.25) is 0 Å². The van der Waals surface area contributed by atoms with E-state index >= 15 is 0 Å². The Hall–Kier alpha value is -0.340. The highest BCUT2D eigenvalue weighted by atomic mass is 32.1. The zero-order valence-corrected chi connectivity index (χ0v) is 9.36. The third-order valence-corrected chi connectivity index (χ3v) is 2.92. The van der Waals surface area contributed by atoms with Crippen molar-refractivity contribution >= 4 is 11.3 Å². The maximum absolute atomic E-state index is 3.53. The quantitative estimate of drug-likeness (QED) is 0.739. The molecule has 0 amide bonds. The monoisotopic (exact) mass is 197 g/mol. The summed E-state index contributed by atoms with van der Waals surface area (Å²) in [5.74, 6) is 0. The van der Waals surface area contributed by atoms with E-state index < -0.39 is 0 Å². The molecule has 0 aromatic carbocycles. The summed E-state index contributed by atoms with van der Waals surface area (Å²) in [4.78, 5) is 0. The van der Waals surface area contributed by atoms with Crippen LogP contribution < -0.4 is 5.32 Å². The maximum Gasteiger partial charge on any atom is 0.0108 e. The molecule has 1 unspecified atom stereocenters. The number of hydrogen-bond donors (Lipinski definition) is 1. The normalized spacial score (nSPS) is 13.1. The number of hydrogen-bond acceptors (Lipinski definition) is 2. The van der Waals surface area contributed by atoms with E-state index in [4.69, 9.17) is 0 Å². The Balaban J connectivity index is 2.37. The Morgan fingerprint density at radius 2 is 2.31 bits per heavy atom. The third-order valence-electron chi connectivity index (χ3n) is 2.19. The van der Waals surface area contributed by atoms with Gasteiger partial charge in [0.1, 0.15) is 0 Å². The van der Waals surface area contributed by atoms with Crippen molar-refractivity contribution in [2.75, 3.05) is 6.54 Å². The van der Waals surface area contributed by atoms with Crippen LogP contribution in [-0.4, -0.2) is 12.6 Å². The van der Waals surface area contributed by atoms with Gasteiger partial charge in [0.15, 0.2) is 0 Å². The van der Waals surface area contributed by atoms with Gasteiger partial charge in [0.25, 0.3) is 0 Å². The van der Waals surface area contributed by atoms with Crippen molar-refractivity contribution in [3.63, 3.8) is 0 Å². The topological polar surface area (TPSA) is 12.0 Å². The van der Waals surface area contributed by atoms with Crippen molar-refractivity contribution in [1.82, 2.24) is 5.32 Å². The van der Waals surface area contributed by atoms with E-state index in [1.54, 1.807) is 11.3 Å². The first-order valence-corrected chi connectivity index (χ1v) is 6.05. The highest BCUT2D eigenvalue weighted by Gasteiger charge is 2.06. The largest absolute Gasteiger partial charge is 0.314 e. The van der Waals surface area contributed by atoms with Gasteiger partial charge in [-0.05, 0) is 41.8 Å². The summed E-state index contributed by atoms with van der Waals surface area (Å²) in [7, 11) is 0. The number of likely N-dealkylation sites (N-methyl/N-ethyl adjacent to an activating group) is 1. The van der Waals surface area contributed by atoms with Crippen LogP contribution in [0.4, 0.5) is 0 Å². The molecule has 2 heteroatoms. The lowest BCUT2D eigenvalue weighted by Crippen LogP contribution is -2.30. The van der Waals surface area contributed by atoms with Gasteiger partial charge >= 0.3 is 0 Å². The van der Waals surface area contributed by atoms with Crippen molar-refractivity contribution in [2.24, 2.45) is 0 Å². The lowest BCUT2D eigenvalue weighted by atomic mass is 10.0. The van der Waals surface area contributed by atoms with Gasteiger partial charge in [0.05, 0.1) is 0 Å². The molecule has 1 rings (SSSR count). The molecule has 0 aliphatic rings. The first-order valence-electron chi connectivity index (χ1n) is 5.11. The van der Waals surface area contributed by atoms with Crippen LogP contribution in [0.1, 0.15) is 32.3 Å². The summed E-state index contributed by atoms with van der Waals surface area (Å²) in [6, 6.07) is 2.90. The molecule has 0 saturated carbocycles. The lowest BCUT2D eigenvalue weighted by molar-refractivity contribution is 0.486. The predicted molar refractivity (Wildman–Crippen MR) is 60.4 cm³/mol. The predicted octanol–water partition coefficient (Wildman–Crippen LogP) is 3.07. The van der Waals surface area contributed by atoms with E-state index in [-0.39, 0.29) is 0 Å².